The van der Waals surface area contributed by atoms with Crippen molar-refractivity contribution in [3.05, 3.63) is 12.3 Å². The molecule has 0 amide bonds. The first-order valence-electron chi connectivity index (χ1n) is 3.40. The van der Waals surface area contributed by atoms with Crippen molar-refractivity contribution in [2.24, 2.45) is 5.92 Å². The summed E-state index contributed by atoms with van der Waals surface area (Å²) in [4.78, 5) is 0. The Bertz CT molecular complexity index is 175. The fourth-order valence-corrected chi connectivity index (χ4v) is 1.00. The van der Waals surface area contributed by atoms with Gasteiger partial charge in [-0.05, 0) is 6.20 Å². The van der Waals surface area contributed by atoms with Crippen molar-refractivity contribution in [2.75, 3.05) is 12.3 Å². The van der Waals surface area contributed by atoms with Crippen LogP contribution in [-0.4, -0.2) is 12.3 Å². The van der Waals surface area contributed by atoms with Crippen LogP contribution in [0, 0.1) is 17.8 Å². The number of rotatable bonds is 1. The van der Waals surface area contributed by atoms with Gasteiger partial charge in [0.15, 0.2) is 0 Å². The van der Waals surface area contributed by atoms with E-state index in [9.17, 15) is 0 Å². The molecule has 0 bridgehead atoms. The molecule has 0 aromatic heterocycles. The van der Waals surface area contributed by atoms with Gasteiger partial charge in [-0.2, -0.15) is 12.6 Å². The lowest BCUT2D eigenvalue weighted by Crippen LogP contribution is -2.07. The quantitative estimate of drug-likeness (QED) is 0.424. The van der Waals surface area contributed by atoms with Crippen molar-refractivity contribution in [1.82, 2.24) is 5.32 Å². The molecular weight excluding hydrogens is 142 g/mol. The maximum absolute atomic E-state index is 3.99. The van der Waals surface area contributed by atoms with E-state index in [2.05, 4.69) is 35.9 Å². The summed E-state index contributed by atoms with van der Waals surface area (Å²) in [6, 6.07) is 0. The van der Waals surface area contributed by atoms with Crippen LogP contribution in [0.15, 0.2) is 12.3 Å². The highest BCUT2D eigenvalue weighted by Gasteiger charge is 2.04. The van der Waals surface area contributed by atoms with E-state index in [-0.39, 0.29) is 0 Å². The van der Waals surface area contributed by atoms with Crippen LogP contribution in [0.5, 0.6) is 0 Å². The fraction of sp³-hybridized carbons (Fsp3) is 0.500. The predicted octanol–water partition coefficient (Wildman–Crippen LogP) is 1.04. The van der Waals surface area contributed by atoms with E-state index in [1.165, 1.54) is 0 Å². The van der Waals surface area contributed by atoms with E-state index in [4.69, 9.17) is 0 Å². The Kier molecular flexibility index (Phi) is 3.25. The van der Waals surface area contributed by atoms with Crippen LogP contribution in [0.1, 0.15) is 6.42 Å². The van der Waals surface area contributed by atoms with Crippen LogP contribution in [0.2, 0.25) is 0 Å². The lowest BCUT2D eigenvalue weighted by Gasteiger charge is -1.98. The minimum absolute atomic E-state index is 0.618. The summed E-state index contributed by atoms with van der Waals surface area (Å²) >= 11 is 3.99. The van der Waals surface area contributed by atoms with Gasteiger partial charge in [-0.25, -0.2) is 0 Å². The SMILES string of the molecule is SCC#CCC1C=CNC1. The lowest BCUT2D eigenvalue weighted by atomic mass is 10.1. The average molecular weight is 153 g/mol. The average Bonchev–Trinajstić information content (AvgIpc) is 2.41. The van der Waals surface area contributed by atoms with Crippen molar-refractivity contribution in [3.63, 3.8) is 0 Å². The molecule has 1 atom stereocenters. The molecule has 0 saturated heterocycles. The molecule has 1 aliphatic rings. The zero-order chi connectivity index (χ0) is 7.23. The Balaban J connectivity index is 2.19. The van der Waals surface area contributed by atoms with Gasteiger partial charge in [0, 0.05) is 18.9 Å². The first-order valence-corrected chi connectivity index (χ1v) is 4.03. The van der Waals surface area contributed by atoms with Gasteiger partial charge < -0.3 is 5.32 Å². The molecule has 0 aromatic carbocycles. The Morgan fingerprint density at radius 1 is 1.60 bits per heavy atom. The second-order valence-corrected chi connectivity index (χ2v) is 2.56. The third-order valence-corrected chi connectivity index (χ3v) is 1.59. The first-order chi connectivity index (χ1) is 4.93. The van der Waals surface area contributed by atoms with Gasteiger partial charge in [0.1, 0.15) is 0 Å². The molecule has 10 heavy (non-hydrogen) atoms. The Morgan fingerprint density at radius 2 is 2.50 bits per heavy atom. The number of hydrogen-bond acceptors (Lipinski definition) is 2. The molecule has 1 unspecified atom stereocenters. The standard InChI is InChI=1S/C8H11NS/c10-6-2-1-3-8-4-5-9-7-8/h4-5,8-10H,3,6-7H2. The van der Waals surface area contributed by atoms with Crippen LogP contribution < -0.4 is 5.32 Å². The molecule has 1 nitrogen and oxygen atoms in total. The van der Waals surface area contributed by atoms with Gasteiger partial charge in [-0.3, -0.25) is 0 Å². The number of nitrogens with one attached hydrogen (secondary N) is 1. The molecule has 1 aliphatic heterocycles. The maximum Gasteiger partial charge on any atom is 0.0517 e. The van der Waals surface area contributed by atoms with Crippen molar-refractivity contribution < 1.29 is 0 Å². The van der Waals surface area contributed by atoms with Crippen LogP contribution in [0.3, 0.4) is 0 Å². The largest absolute Gasteiger partial charge is 0.391 e. The predicted molar refractivity (Wildman–Crippen MR) is 46.9 cm³/mol. The molecular formula is C8H11NS. The monoisotopic (exact) mass is 153 g/mol. The Labute approximate surface area is 67.3 Å². The topological polar surface area (TPSA) is 12.0 Å². The molecule has 1 rings (SSSR count). The van der Waals surface area contributed by atoms with Gasteiger partial charge in [-0.1, -0.05) is 12.0 Å². The summed E-state index contributed by atoms with van der Waals surface area (Å²) in [5, 5.41) is 3.13. The van der Waals surface area contributed by atoms with Crippen molar-refractivity contribution in [2.45, 2.75) is 6.42 Å². The van der Waals surface area contributed by atoms with Gasteiger partial charge in [0.2, 0.25) is 0 Å². The molecule has 2 heteroatoms. The summed E-state index contributed by atoms with van der Waals surface area (Å²) in [7, 11) is 0. The van der Waals surface area contributed by atoms with E-state index in [1.54, 1.807) is 0 Å². The highest BCUT2D eigenvalue weighted by atomic mass is 32.1. The Hall–Kier alpha value is -0.550. The third kappa shape index (κ3) is 2.36. The van der Waals surface area contributed by atoms with E-state index in [0.717, 1.165) is 13.0 Å². The summed E-state index contributed by atoms with van der Waals surface area (Å²) in [5.41, 5.74) is 0. The molecule has 1 N–H and O–H groups in total. The Morgan fingerprint density at radius 3 is 3.10 bits per heavy atom. The molecule has 0 saturated carbocycles. The molecule has 0 radical (unpaired) electrons. The second-order valence-electron chi connectivity index (χ2n) is 2.24. The molecule has 0 spiro atoms. The van der Waals surface area contributed by atoms with Crippen molar-refractivity contribution >= 4 is 12.6 Å². The van der Waals surface area contributed by atoms with Gasteiger partial charge in [0.25, 0.3) is 0 Å². The molecule has 0 aliphatic carbocycles. The second kappa shape index (κ2) is 4.29. The zero-order valence-corrected chi connectivity index (χ0v) is 6.70. The number of thiol groups is 1. The van der Waals surface area contributed by atoms with Crippen LogP contribution >= 0.6 is 12.6 Å². The number of hydrogen-bond donors (Lipinski definition) is 2. The molecule has 0 fully saturated rings. The smallest absolute Gasteiger partial charge is 0.0517 e. The summed E-state index contributed by atoms with van der Waals surface area (Å²) in [6.45, 7) is 1.04. The summed E-state index contributed by atoms with van der Waals surface area (Å²) in [6.07, 6.45) is 5.12. The first kappa shape index (κ1) is 7.56. The van der Waals surface area contributed by atoms with E-state index in [1.807, 2.05) is 6.20 Å². The van der Waals surface area contributed by atoms with Crippen LogP contribution in [0.25, 0.3) is 0 Å². The minimum atomic E-state index is 0.618. The van der Waals surface area contributed by atoms with Gasteiger partial charge >= 0.3 is 0 Å². The zero-order valence-electron chi connectivity index (χ0n) is 5.80. The molecule has 0 aromatic rings. The van der Waals surface area contributed by atoms with E-state index in [0.29, 0.717) is 11.7 Å². The van der Waals surface area contributed by atoms with Crippen molar-refractivity contribution in [1.29, 1.82) is 0 Å². The van der Waals surface area contributed by atoms with Crippen molar-refractivity contribution in [3.8, 4) is 11.8 Å². The van der Waals surface area contributed by atoms with Crippen LogP contribution in [0.4, 0.5) is 0 Å². The normalized spacial score (nSPS) is 21.5. The third-order valence-electron chi connectivity index (χ3n) is 1.43. The fourth-order valence-electron chi connectivity index (χ4n) is 0.891. The van der Waals surface area contributed by atoms with Gasteiger partial charge in [-0.15, -0.1) is 5.92 Å². The van der Waals surface area contributed by atoms with E-state index < -0.39 is 0 Å². The highest BCUT2D eigenvalue weighted by Crippen LogP contribution is 2.06. The highest BCUT2D eigenvalue weighted by molar-refractivity contribution is 7.80. The molecule has 1 heterocycles. The summed E-state index contributed by atoms with van der Waals surface area (Å²) in [5.74, 6) is 7.28. The minimum Gasteiger partial charge on any atom is -0.391 e. The van der Waals surface area contributed by atoms with Gasteiger partial charge in [0.05, 0.1) is 5.75 Å². The van der Waals surface area contributed by atoms with Crippen LogP contribution in [-0.2, 0) is 0 Å². The molecule has 54 valence electrons. The summed E-state index contributed by atoms with van der Waals surface area (Å²) < 4.78 is 0. The maximum atomic E-state index is 3.99. The van der Waals surface area contributed by atoms with E-state index >= 15 is 0 Å². The lowest BCUT2D eigenvalue weighted by molar-refractivity contribution is 0.677.